The van der Waals surface area contributed by atoms with Crippen molar-refractivity contribution >= 4 is 5.69 Å². The van der Waals surface area contributed by atoms with E-state index >= 15 is 0 Å². The molecule has 13 heavy (non-hydrogen) atoms. The smallest absolute Gasteiger partial charge is 0.263 e. The number of hydrogen-bond donors (Lipinski definition) is 0. The minimum atomic E-state index is -0.404. The van der Waals surface area contributed by atoms with E-state index < -0.39 is 4.92 Å². The van der Waals surface area contributed by atoms with E-state index in [9.17, 15) is 10.1 Å². The largest absolute Gasteiger partial charge is 0.307 e. The van der Waals surface area contributed by atoms with Crippen LogP contribution in [-0.4, -0.2) is 14.7 Å². The van der Waals surface area contributed by atoms with Crippen molar-refractivity contribution in [1.82, 2.24) is 9.78 Å². The molecule has 5 heteroatoms. The third kappa shape index (κ3) is 1.54. The lowest BCUT2D eigenvalue weighted by atomic mass is 10.3. The topological polar surface area (TPSA) is 61.0 Å². The zero-order valence-electron chi connectivity index (χ0n) is 7.22. The van der Waals surface area contributed by atoms with Crippen molar-refractivity contribution in [2.75, 3.05) is 0 Å². The highest BCUT2D eigenvalue weighted by atomic mass is 16.6. The molecule has 1 saturated carbocycles. The average molecular weight is 181 g/mol. The van der Waals surface area contributed by atoms with E-state index in [0.29, 0.717) is 6.04 Å². The molecule has 1 aliphatic rings. The summed E-state index contributed by atoms with van der Waals surface area (Å²) < 4.78 is 1.73. The SMILES string of the molecule is O=[N+]([O-])c1cnn(C2CCCC2)c1. The highest BCUT2D eigenvalue weighted by Gasteiger charge is 2.19. The molecule has 1 heterocycles. The third-order valence-corrected chi connectivity index (χ3v) is 2.50. The van der Waals surface area contributed by atoms with Gasteiger partial charge in [-0.05, 0) is 12.8 Å². The minimum absolute atomic E-state index is 0.0897. The molecule has 0 spiro atoms. The number of aromatic nitrogens is 2. The van der Waals surface area contributed by atoms with Gasteiger partial charge in [0.1, 0.15) is 12.4 Å². The lowest BCUT2D eigenvalue weighted by Gasteiger charge is -2.07. The van der Waals surface area contributed by atoms with Gasteiger partial charge in [0.25, 0.3) is 0 Å². The molecule has 1 aromatic rings. The molecule has 0 unspecified atom stereocenters. The Hall–Kier alpha value is -1.39. The molecule has 0 bridgehead atoms. The van der Waals surface area contributed by atoms with Crippen LogP contribution < -0.4 is 0 Å². The maximum atomic E-state index is 10.4. The molecule has 1 aliphatic carbocycles. The molecule has 0 aliphatic heterocycles. The summed E-state index contributed by atoms with van der Waals surface area (Å²) in [6.45, 7) is 0. The standard InChI is InChI=1S/C8H11N3O2/c12-11(13)8-5-9-10(6-8)7-3-1-2-4-7/h5-7H,1-4H2. The van der Waals surface area contributed by atoms with E-state index in [4.69, 9.17) is 0 Å². The van der Waals surface area contributed by atoms with Gasteiger partial charge in [-0.2, -0.15) is 5.10 Å². The molecule has 0 atom stereocenters. The Labute approximate surface area is 75.5 Å². The van der Waals surface area contributed by atoms with E-state index in [-0.39, 0.29) is 5.69 Å². The maximum absolute atomic E-state index is 10.4. The Morgan fingerprint density at radius 3 is 2.77 bits per heavy atom. The van der Waals surface area contributed by atoms with Crippen molar-refractivity contribution in [2.24, 2.45) is 0 Å². The van der Waals surface area contributed by atoms with Crippen molar-refractivity contribution in [3.8, 4) is 0 Å². The van der Waals surface area contributed by atoms with Crippen LogP contribution in [0.2, 0.25) is 0 Å². The van der Waals surface area contributed by atoms with E-state index in [1.165, 1.54) is 25.2 Å². The quantitative estimate of drug-likeness (QED) is 0.517. The van der Waals surface area contributed by atoms with Crippen LogP contribution >= 0.6 is 0 Å². The number of nitro groups is 1. The summed E-state index contributed by atoms with van der Waals surface area (Å²) in [6.07, 6.45) is 7.45. The maximum Gasteiger partial charge on any atom is 0.307 e. The molecule has 2 rings (SSSR count). The lowest BCUT2D eigenvalue weighted by Crippen LogP contribution is -2.04. The van der Waals surface area contributed by atoms with Gasteiger partial charge in [-0.15, -0.1) is 0 Å². The summed E-state index contributed by atoms with van der Waals surface area (Å²) in [6, 6.07) is 0.383. The van der Waals surface area contributed by atoms with Crippen molar-refractivity contribution < 1.29 is 4.92 Å². The zero-order chi connectivity index (χ0) is 9.26. The van der Waals surface area contributed by atoms with Gasteiger partial charge >= 0.3 is 5.69 Å². The van der Waals surface area contributed by atoms with Crippen molar-refractivity contribution in [1.29, 1.82) is 0 Å². The van der Waals surface area contributed by atoms with Gasteiger partial charge < -0.3 is 0 Å². The van der Waals surface area contributed by atoms with Crippen LogP contribution in [0, 0.1) is 10.1 Å². The molecule has 5 nitrogen and oxygen atoms in total. The van der Waals surface area contributed by atoms with Crippen LogP contribution in [-0.2, 0) is 0 Å². The Morgan fingerprint density at radius 1 is 1.54 bits per heavy atom. The first-order valence-corrected chi connectivity index (χ1v) is 4.46. The second kappa shape index (κ2) is 3.16. The Balaban J connectivity index is 2.16. The molecule has 0 N–H and O–H groups in total. The summed E-state index contributed by atoms with van der Waals surface area (Å²) >= 11 is 0. The van der Waals surface area contributed by atoms with E-state index in [1.807, 2.05) is 0 Å². The fourth-order valence-electron chi connectivity index (χ4n) is 1.79. The first-order valence-electron chi connectivity index (χ1n) is 4.46. The van der Waals surface area contributed by atoms with Crippen molar-refractivity contribution in [3.63, 3.8) is 0 Å². The first kappa shape index (κ1) is 8.22. The Morgan fingerprint density at radius 2 is 2.23 bits per heavy atom. The van der Waals surface area contributed by atoms with Crippen molar-refractivity contribution in [2.45, 2.75) is 31.7 Å². The van der Waals surface area contributed by atoms with Crippen LogP contribution in [0.1, 0.15) is 31.7 Å². The zero-order valence-corrected chi connectivity index (χ0v) is 7.22. The third-order valence-electron chi connectivity index (χ3n) is 2.50. The summed E-state index contributed by atoms with van der Waals surface area (Å²) in [4.78, 5) is 9.98. The summed E-state index contributed by atoms with van der Waals surface area (Å²) in [5.41, 5.74) is 0.0897. The van der Waals surface area contributed by atoms with Gasteiger partial charge in [0.2, 0.25) is 0 Å². The molecule has 0 aromatic carbocycles. The minimum Gasteiger partial charge on any atom is -0.263 e. The fourth-order valence-corrected chi connectivity index (χ4v) is 1.79. The van der Waals surface area contributed by atoms with Gasteiger partial charge in [0.15, 0.2) is 0 Å². The van der Waals surface area contributed by atoms with Crippen LogP contribution in [0.4, 0.5) is 5.69 Å². The summed E-state index contributed by atoms with van der Waals surface area (Å²) in [5.74, 6) is 0. The highest BCUT2D eigenvalue weighted by Crippen LogP contribution is 2.29. The van der Waals surface area contributed by atoms with Crippen LogP contribution in [0.15, 0.2) is 12.4 Å². The molecular formula is C8H11N3O2. The number of hydrogen-bond acceptors (Lipinski definition) is 3. The van der Waals surface area contributed by atoms with Gasteiger partial charge in [-0.25, -0.2) is 0 Å². The van der Waals surface area contributed by atoms with Crippen LogP contribution in [0.5, 0.6) is 0 Å². The molecule has 0 saturated heterocycles. The second-order valence-corrected chi connectivity index (χ2v) is 3.37. The van der Waals surface area contributed by atoms with Gasteiger partial charge in [0.05, 0.1) is 11.0 Å². The normalized spacial score (nSPS) is 17.8. The molecule has 0 radical (unpaired) electrons. The molecule has 1 aromatic heterocycles. The van der Waals surface area contributed by atoms with Gasteiger partial charge in [-0.1, -0.05) is 12.8 Å². The predicted molar refractivity (Wildman–Crippen MR) is 46.4 cm³/mol. The lowest BCUT2D eigenvalue weighted by molar-refractivity contribution is -0.385. The predicted octanol–water partition coefficient (Wildman–Crippen LogP) is 1.91. The highest BCUT2D eigenvalue weighted by molar-refractivity contribution is 5.21. The van der Waals surface area contributed by atoms with Crippen molar-refractivity contribution in [3.05, 3.63) is 22.5 Å². The van der Waals surface area contributed by atoms with E-state index in [1.54, 1.807) is 4.68 Å². The molecule has 1 fully saturated rings. The van der Waals surface area contributed by atoms with E-state index in [0.717, 1.165) is 12.8 Å². The Kier molecular flexibility index (Phi) is 2.00. The number of rotatable bonds is 2. The van der Waals surface area contributed by atoms with Crippen LogP contribution in [0.3, 0.4) is 0 Å². The second-order valence-electron chi connectivity index (χ2n) is 3.37. The molecular weight excluding hydrogens is 170 g/mol. The van der Waals surface area contributed by atoms with Gasteiger partial charge in [-0.3, -0.25) is 14.8 Å². The molecule has 70 valence electrons. The Bertz CT molecular complexity index is 315. The van der Waals surface area contributed by atoms with E-state index in [2.05, 4.69) is 5.10 Å². The average Bonchev–Trinajstić information content (AvgIpc) is 2.75. The fraction of sp³-hybridized carbons (Fsp3) is 0.625. The summed E-state index contributed by atoms with van der Waals surface area (Å²) in [7, 11) is 0. The van der Waals surface area contributed by atoms with Crippen LogP contribution in [0.25, 0.3) is 0 Å². The molecule has 0 amide bonds. The van der Waals surface area contributed by atoms with Gasteiger partial charge in [0, 0.05) is 0 Å². The monoisotopic (exact) mass is 181 g/mol. The summed E-state index contributed by atoms with van der Waals surface area (Å²) in [5, 5.41) is 14.4. The number of nitrogens with zero attached hydrogens (tertiary/aromatic N) is 3. The first-order chi connectivity index (χ1) is 6.27.